The van der Waals surface area contributed by atoms with Crippen molar-refractivity contribution in [3.8, 4) is 5.75 Å². The van der Waals surface area contributed by atoms with Gasteiger partial charge in [-0.2, -0.15) is 0 Å². The van der Waals surface area contributed by atoms with Gasteiger partial charge in [0.05, 0.1) is 0 Å². The molecule has 3 heteroatoms. The molecule has 1 saturated heterocycles. The van der Waals surface area contributed by atoms with Crippen molar-refractivity contribution in [2.45, 2.75) is 5.92 Å². The van der Waals surface area contributed by atoms with E-state index >= 15 is 0 Å². The molecule has 13 heavy (non-hydrogen) atoms. The maximum Gasteiger partial charge on any atom is 0.117 e. The second kappa shape index (κ2) is 3.20. The molecule has 70 valence electrons. The number of likely N-dealkylation sites (N-methyl/N-ethyl adjacent to an activating group) is 1. The molecule has 0 spiro atoms. The average molecular weight is 198 g/mol. The van der Waals surface area contributed by atoms with Crippen molar-refractivity contribution in [1.82, 2.24) is 4.90 Å². The van der Waals surface area contributed by atoms with Gasteiger partial charge in [-0.1, -0.05) is 17.7 Å². The first-order valence-electron chi connectivity index (χ1n) is 4.34. The summed E-state index contributed by atoms with van der Waals surface area (Å²) in [5, 5.41) is 9.85. The van der Waals surface area contributed by atoms with Crippen LogP contribution in [-0.4, -0.2) is 30.1 Å². The van der Waals surface area contributed by atoms with Gasteiger partial charge in [0.25, 0.3) is 0 Å². The molecule has 2 rings (SSSR count). The van der Waals surface area contributed by atoms with E-state index < -0.39 is 0 Å². The van der Waals surface area contributed by atoms with Gasteiger partial charge in [0.15, 0.2) is 0 Å². The Morgan fingerprint density at radius 1 is 1.46 bits per heavy atom. The molecule has 1 aliphatic rings. The number of likely N-dealkylation sites (tertiary alicyclic amines) is 1. The molecule has 0 bridgehead atoms. The van der Waals surface area contributed by atoms with Crippen molar-refractivity contribution in [1.29, 1.82) is 0 Å². The molecule has 0 unspecified atom stereocenters. The molecule has 0 aliphatic carbocycles. The summed E-state index contributed by atoms with van der Waals surface area (Å²) in [4.78, 5) is 2.24. The monoisotopic (exact) mass is 197 g/mol. The summed E-state index contributed by atoms with van der Waals surface area (Å²) < 4.78 is 0. The molecule has 1 aromatic carbocycles. The summed E-state index contributed by atoms with van der Waals surface area (Å²) in [7, 11) is 2.09. The SMILES string of the molecule is CN1CC(c2ccc(O)cc2Cl)C1. The van der Waals surface area contributed by atoms with Crippen LogP contribution in [0, 0.1) is 0 Å². The minimum absolute atomic E-state index is 0.237. The molecular formula is C10H12ClNO. The predicted octanol–water partition coefficient (Wildman–Crippen LogP) is 2.07. The van der Waals surface area contributed by atoms with Crippen LogP contribution in [0.2, 0.25) is 5.02 Å². The number of phenols is 1. The normalized spacial score (nSPS) is 18.6. The molecule has 1 heterocycles. The molecule has 1 N–H and O–H groups in total. The third-order valence-electron chi connectivity index (χ3n) is 2.49. The van der Waals surface area contributed by atoms with E-state index in [0.717, 1.165) is 18.7 Å². The van der Waals surface area contributed by atoms with Gasteiger partial charge in [0, 0.05) is 24.0 Å². The third kappa shape index (κ3) is 1.64. The van der Waals surface area contributed by atoms with E-state index in [9.17, 15) is 0 Å². The minimum Gasteiger partial charge on any atom is -0.508 e. The highest BCUT2D eigenvalue weighted by atomic mass is 35.5. The summed E-state index contributed by atoms with van der Waals surface area (Å²) in [5.74, 6) is 0.777. The summed E-state index contributed by atoms with van der Waals surface area (Å²) in [6.07, 6.45) is 0. The molecule has 0 radical (unpaired) electrons. The Labute approximate surface area is 82.7 Å². The number of aromatic hydroxyl groups is 1. The van der Waals surface area contributed by atoms with E-state index in [1.54, 1.807) is 12.1 Å². The Bertz CT molecular complexity index is 321. The van der Waals surface area contributed by atoms with E-state index in [-0.39, 0.29) is 5.75 Å². The van der Waals surface area contributed by atoms with Gasteiger partial charge in [-0.25, -0.2) is 0 Å². The zero-order chi connectivity index (χ0) is 9.42. The standard InChI is InChI=1S/C10H12ClNO/c1-12-5-7(6-12)9-3-2-8(13)4-10(9)11/h2-4,7,13H,5-6H2,1H3. The number of benzene rings is 1. The summed E-state index contributed by atoms with van der Waals surface area (Å²) >= 11 is 6.01. The molecule has 1 fully saturated rings. The first-order chi connectivity index (χ1) is 6.16. The van der Waals surface area contributed by atoms with Crippen molar-refractivity contribution in [2.24, 2.45) is 0 Å². The second-order valence-electron chi connectivity index (χ2n) is 3.62. The molecule has 0 saturated carbocycles. The van der Waals surface area contributed by atoms with Gasteiger partial charge in [-0.05, 0) is 24.7 Å². The largest absolute Gasteiger partial charge is 0.508 e. The molecule has 0 amide bonds. The summed E-state index contributed by atoms with van der Waals surface area (Å²) in [6.45, 7) is 2.12. The zero-order valence-electron chi connectivity index (χ0n) is 7.50. The van der Waals surface area contributed by atoms with Crippen LogP contribution in [0.3, 0.4) is 0 Å². The maximum atomic E-state index is 9.17. The third-order valence-corrected chi connectivity index (χ3v) is 2.82. The van der Waals surface area contributed by atoms with Crippen molar-refractivity contribution < 1.29 is 5.11 Å². The van der Waals surface area contributed by atoms with Gasteiger partial charge in [-0.15, -0.1) is 0 Å². The Hall–Kier alpha value is -0.730. The van der Waals surface area contributed by atoms with E-state index in [1.165, 1.54) is 0 Å². The second-order valence-corrected chi connectivity index (χ2v) is 4.03. The van der Waals surface area contributed by atoms with Gasteiger partial charge in [0.2, 0.25) is 0 Å². The molecule has 1 aromatic rings. The van der Waals surface area contributed by atoms with E-state index in [4.69, 9.17) is 16.7 Å². The Morgan fingerprint density at radius 2 is 2.15 bits per heavy atom. The quantitative estimate of drug-likeness (QED) is 0.745. The molecule has 1 aliphatic heterocycles. The minimum atomic E-state index is 0.237. The first kappa shape index (κ1) is 8.85. The molecular weight excluding hydrogens is 186 g/mol. The lowest BCUT2D eigenvalue weighted by Crippen LogP contribution is -2.41. The number of hydrogen-bond donors (Lipinski definition) is 1. The lowest BCUT2D eigenvalue weighted by Gasteiger charge is -2.36. The van der Waals surface area contributed by atoms with Crippen LogP contribution >= 0.6 is 11.6 Å². The highest BCUT2D eigenvalue weighted by Gasteiger charge is 2.26. The summed E-state index contributed by atoms with van der Waals surface area (Å²) in [5.41, 5.74) is 1.15. The lowest BCUT2D eigenvalue weighted by atomic mass is 9.92. The fourth-order valence-electron chi connectivity index (χ4n) is 1.74. The Morgan fingerprint density at radius 3 is 2.69 bits per heavy atom. The fourth-order valence-corrected chi connectivity index (χ4v) is 2.07. The summed E-state index contributed by atoms with van der Waals surface area (Å²) in [6, 6.07) is 5.21. The first-order valence-corrected chi connectivity index (χ1v) is 4.71. The highest BCUT2D eigenvalue weighted by Crippen LogP contribution is 2.32. The Kier molecular flexibility index (Phi) is 2.18. The van der Waals surface area contributed by atoms with E-state index in [0.29, 0.717) is 10.9 Å². The Balaban J connectivity index is 2.21. The van der Waals surface area contributed by atoms with Gasteiger partial charge >= 0.3 is 0 Å². The highest BCUT2D eigenvalue weighted by molar-refractivity contribution is 6.31. The van der Waals surface area contributed by atoms with E-state index in [2.05, 4.69) is 11.9 Å². The predicted molar refractivity (Wildman–Crippen MR) is 53.4 cm³/mol. The smallest absolute Gasteiger partial charge is 0.117 e. The van der Waals surface area contributed by atoms with Crippen LogP contribution in [0.1, 0.15) is 11.5 Å². The van der Waals surface area contributed by atoms with Crippen LogP contribution in [0.5, 0.6) is 5.75 Å². The van der Waals surface area contributed by atoms with Gasteiger partial charge < -0.3 is 10.0 Å². The van der Waals surface area contributed by atoms with Crippen LogP contribution in [0.25, 0.3) is 0 Å². The number of rotatable bonds is 1. The maximum absolute atomic E-state index is 9.17. The van der Waals surface area contributed by atoms with Crippen molar-refractivity contribution in [3.05, 3.63) is 28.8 Å². The van der Waals surface area contributed by atoms with Crippen LogP contribution in [-0.2, 0) is 0 Å². The van der Waals surface area contributed by atoms with Crippen LogP contribution < -0.4 is 0 Å². The van der Waals surface area contributed by atoms with Gasteiger partial charge in [0.1, 0.15) is 5.75 Å². The van der Waals surface area contributed by atoms with Crippen molar-refractivity contribution in [2.75, 3.05) is 20.1 Å². The van der Waals surface area contributed by atoms with Gasteiger partial charge in [-0.3, -0.25) is 0 Å². The molecule has 0 aromatic heterocycles. The van der Waals surface area contributed by atoms with Crippen LogP contribution in [0.4, 0.5) is 0 Å². The van der Waals surface area contributed by atoms with Crippen molar-refractivity contribution >= 4 is 11.6 Å². The zero-order valence-corrected chi connectivity index (χ0v) is 8.25. The topological polar surface area (TPSA) is 23.5 Å². The number of hydrogen-bond acceptors (Lipinski definition) is 2. The lowest BCUT2D eigenvalue weighted by molar-refractivity contribution is 0.190. The number of halogens is 1. The molecule has 0 atom stereocenters. The van der Waals surface area contributed by atoms with Crippen LogP contribution in [0.15, 0.2) is 18.2 Å². The number of nitrogens with zero attached hydrogens (tertiary/aromatic N) is 1. The van der Waals surface area contributed by atoms with E-state index in [1.807, 2.05) is 6.07 Å². The fraction of sp³-hybridized carbons (Fsp3) is 0.400. The average Bonchev–Trinajstić information content (AvgIpc) is 2.00. The number of phenolic OH excluding ortho intramolecular Hbond substituents is 1. The van der Waals surface area contributed by atoms with Crippen molar-refractivity contribution in [3.63, 3.8) is 0 Å². The molecule has 2 nitrogen and oxygen atoms in total.